The van der Waals surface area contributed by atoms with Crippen LogP contribution in [0.15, 0.2) is 17.3 Å². The topological polar surface area (TPSA) is 112 Å². The molecule has 2 heterocycles. The third-order valence-electron chi connectivity index (χ3n) is 2.58. The van der Waals surface area contributed by atoms with Crippen LogP contribution in [-0.4, -0.2) is 29.5 Å². The van der Waals surface area contributed by atoms with Gasteiger partial charge in [0.2, 0.25) is 0 Å². The number of carbonyl (C=O) groups is 1. The summed E-state index contributed by atoms with van der Waals surface area (Å²) in [6.45, 7) is 3.47. The van der Waals surface area contributed by atoms with Crippen molar-refractivity contribution in [2.45, 2.75) is 25.3 Å². The number of aromatic amines is 1. The van der Waals surface area contributed by atoms with E-state index in [1.165, 1.54) is 12.3 Å². The van der Waals surface area contributed by atoms with Crippen LogP contribution in [0.3, 0.4) is 0 Å². The van der Waals surface area contributed by atoms with Crippen molar-refractivity contribution in [2.24, 2.45) is 0 Å². The van der Waals surface area contributed by atoms with Crippen molar-refractivity contribution in [3.05, 3.63) is 28.5 Å². The molecule has 0 atom stereocenters. The number of aromatic carboxylic acids is 1. The second kappa shape index (κ2) is 5.25. The maximum absolute atomic E-state index is 12.1. The summed E-state index contributed by atoms with van der Waals surface area (Å²) in [5.41, 5.74) is 0.513. The second-order valence-electron chi connectivity index (χ2n) is 4.08. The molecule has 0 saturated carbocycles. The Morgan fingerprint density at radius 2 is 2.25 bits per heavy atom. The lowest BCUT2D eigenvalue weighted by atomic mass is 10.3. The van der Waals surface area contributed by atoms with Gasteiger partial charge in [0.15, 0.2) is 5.03 Å². The lowest BCUT2D eigenvalue weighted by Crippen LogP contribution is -2.12. The van der Waals surface area contributed by atoms with Crippen LogP contribution in [0.1, 0.15) is 28.0 Å². The summed E-state index contributed by atoms with van der Waals surface area (Å²) in [4.78, 5) is 17.7. The zero-order valence-corrected chi connectivity index (χ0v) is 12.4. The number of sulfonamides is 1. The van der Waals surface area contributed by atoms with E-state index in [9.17, 15) is 13.2 Å². The van der Waals surface area contributed by atoms with Crippen molar-refractivity contribution in [1.29, 1.82) is 0 Å². The minimum absolute atomic E-state index is 0.0442. The molecule has 0 spiro atoms. The van der Waals surface area contributed by atoms with Crippen LogP contribution in [0.4, 0.5) is 5.00 Å². The van der Waals surface area contributed by atoms with E-state index in [4.69, 9.17) is 5.11 Å². The molecule has 20 heavy (non-hydrogen) atoms. The molecule has 3 N–H and O–H groups in total. The predicted octanol–water partition coefficient (Wildman–Crippen LogP) is 1.84. The SMILES string of the molecule is CCc1ncc(S(=O)(=O)Nc2cc(C)c(C(=O)O)s2)[nH]1. The molecule has 2 aromatic heterocycles. The van der Waals surface area contributed by atoms with E-state index in [2.05, 4.69) is 14.7 Å². The van der Waals surface area contributed by atoms with Gasteiger partial charge < -0.3 is 10.1 Å². The first-order valence-electron chi connectivity index (χ1n) is 5.74. The number of anilines is 1. The van der Waals surface area contributed by atoms with Gasteiger partial charge in [0.1, 0.15) is 15.7 Å². The number of H-pyrrole nitrogens is 1. The molecule has 2 rings (SSSR count). The van der Waals surface area contributed by atoms with Crippen LogP contribution >= 0.6 is 11.3 Å². The number of aromatic nitrogens is 2. The van der Waals surface area contributed by atoms with E-state index in [1.54, 1.807) is 6.92 Å². The van der Waals surface area contributed by atoms with E-state index in [0.29, 0.717) is 17.8 Å². The fraction of sp³-hybridized carbons (Fsp3) is 0.273. The third-order valence-corrected chi connectivity index (χ3v) is 5.12. The minimum Gasteiger partial charge on any atom is -0.477 e. The van der Waals surface area contributed by atoms with E-state index < -0.39 is 16.0 Å². The smallest absolute Gasteiger partial charge is 0.346 e. The van der Waals surface area contributed by atoms with Gasteiger partial charge in [-0.1, -0.05) is 6.92 Å². The van der Waals surface area contributed by atoms with Gasteiger partial charge in [-0.15, -0.1) is 11.3 Å². The Morgan fingerprint density at radius 1 is 1.55 bits per heavy atom. The minimum atomic E-state index is -3.78. The number of carboxylic acid groups (broad SMARTS) is 1. The molecule has 0 aliphatic heterocycles. The number of hydrogen-bond acceptors (Lipinski definition) is 5. The molecular weight excluding hydrogens is 302 g/mol. The van der Waals surface area contributed by atoms with E-state index in [0.717, 1.165) is 11.3 Å². The van der Waals surface area contributed by atoms with Crippen molar-refractivity contribution in [3.63, 3.8) is 0 Å². The van der Waals surface area contributed by atoms with E-state index in [1.807, 2.05) is 6.92 Å². The highest BCUT2D eigenvalue weighted by molar-refractivity contribution is 7.92. The maximum Gasteiger partial charge on any atom is 0.346 e. The number of carboxylic acids is 1. The normalized spacial score (nSPS) is 11.5. The molecule has 0 bridgehead atoms. The summed E-state index contributed by atoms with van der Waals surface area (Å²) >= 11 is 0.878. The molecule has 0 radical (unpaired) electrons. The van der Waals surface area contributed by atoms with Crippen molar-refractivity contribution < 1.29 is 18.3 Å². The number of thiophene rings is 1. The Labute approximate surface area is 119 Å². The molecule has 0 aromatic carbocycles. The summed E-state index contributed by atoms with van der Waals surface area (Å²) < 4.78 is 26.5. The van der Waals surface area contributed by atoms with Crippen molar-refractivity contribution in [2.75, 3.05) is 4.72 Å². The van der Waals surface area contributed by atoms with Crippen molar-refractivity contribution in [1.82, 2.24) is 9.97 Å². The molecule has 0 aliphatic carbocycles. The Hall–Kier alpha value is -1.87. The van der Waals surface area contributed by atoms with Gasteiger partial charge in [0.05, 0.1) is 6.20 Å². The van der Waals surface area contributed by atoms with Gasteiger partial charge >= 0.3 is 5.97 Å². The number of nitrogens with one attached hydrogen (secondary N) is 2. The summed E-state index contributed by atoms with van der Waals surface area (Å²) in [7, 11) is -3.78. The van der Waals surface area contributed by atoms with Crippen LogP contribution < -0.4 is 4.72 Å². The van der Waals surface area contributed by atoms with Crippen molar-refractivity contribution >= 4 is 32.3 Å². The standard InChI is InChI=1S/C11H13N3O4S2/c1-3-7-12-5-9(13-7)20(17,18)14-8-4-6(2)10(19-8)11(15)16/h4-5,14H,3H2,1-2H3,(H,12,13)(H,15,16). The van der Waals surface area contributed by atoms with Crippen LogP contribution in [-0.2, 0) is 16.4 Å². The molecule has 0 saturated heterocycles. The summed E-state index contributed by atoms with van der Waals surface area (Å²) in [6, 6.07) is 1.49. The quantitative estimate of drug-likeness (QED) is 0.779. The van der Waals surface area contributed by atoms with Crippen LogP contribution in [0.25, 0.3) is 0 Å². The fourth-order valence-electron chi connectivity index (χ4n) is 1.59. The Bertz CT molecular complexity index is 746. The predicted molar refractivity (Wildman–Crippen MR) is 74.8 cm³/mol. The first-order chi connectivity index (χ1) is 9.33. The number of imidazole rings is 1. The number of nitrogens with zero attached hydrogens (tertiary/aromatic N) is 1. The average Bonchev–Trinajstić information content (AvgIpc) is 2.95. The van der Waals surface area contributed by atoms with Gasteiger partial charge in [-0.3, -0.25) is 4.72 Å². The zero-order valence-electron chi connectivity index (χ0n) is 10.8. The van der Waals surface area contributed by atoms with Crippen molar-refractivity contribution in [3.8, 4) is 0 Å². The van der Waals surface area contributed by atoms with E-state index >= 15 is 0 Å². The molecule has 2 aromatic rings. The Morgan fingerprint density at radius 3 is 2.75 bits per heavy atom. The highest BCUT2D eigenvalue weighted by Crippen LogP contribution is 2.28. The fourth-order valence-corrected chi connectivity index (χ4v) is 3.73. The second-order valence-corrected chi connectivity index (χ2v) is 6.78. The molecule has 9 heteroatoms. The van der Waals surface area contributed by atoms with Gasteiger partial charge in [0, 0.05) is 6.42 Å². The Kier molecular flexibility index (Phi) is 3.82. The summed E-state index contributed by atoms with van der Waals surface area (Å²) in [6.07, 6.45) is 1.83. The highest BCUT2D eigenvalue weighted by Gasteiger charge is 2.20. The first-order valence-corrected chi connectivity index (χ1v) is 8.04. The molecule has 108 valence electrons. The molecule has 0 unspecified atom stereocenters. The summed E-state index contributed by atoms with van der Waals surface area (Å²) in [5, 5.41) is 9.16. The number of aryl methyl sites for hydroxylation is 2. The van der Waals surface area contributed by atoms with Gasteiger partial charge in [-0.2, -0.15) is 8.42 Å². The van der Waals surface area contributed by atoms with Crippen LogP contribution in [0, 0.1) is 6.92 Å². The first kappa shape index (κ1) is 14.5. The lowest BCUT2D eigenvalue weighted by Gasteiger charge is -2.02. The Balaban J connectivity index is 2.28. The van der Waals surface area contributed by atoms with Gasteiger partial charge in [0.25, 0.3) is 10.0 Å². The molecule has 7 nitrogen and oxygen atoms in total. The monoisotopic (exact) mass is 315 g/mol. The largest absolute Gasteiger partial charge is 0.477 e. The molecule has 0 aliphatic rings. The lowest BCUT2D eigenvalue weighted by molar-refractivity contribution is 0.0701. The van der Waals surface area contributed by atoms with Gasteiger partial charge in [-0.25, -0.2) is 9.78 Å². The number of rotatable bonds is 5. The van der Waals surface area contributed by atoms with Crippen LogP contribution in [0.5, 0.6) is 0 Å². The third kappa shape index (κ3) is 2.83. The molecule has 0 amide bonds. The average molecular weight is 315 g/mol. The number of hydrogen-bond donors (Lipinski definition) is 3. The van der Waals surface area contributed by atoms with Crippen LogP contribution in [0.2, 0.25) is 0 Å². The van der Waals surface area contributed by atoms with E-state index in [-0.39, 0.29) is 14.9 Å². The maximum atomic E-state index is 12.1. The molecular formula is C11H13N3O4S2. The van der Waals surface area contributed by atoms with Gasteiger partial charge in [-0.05, 0) is 18.6 Å². The zero-order chi connectivity index (χ0) is 14.9. The molecule has 0 fully saturated rings. The summed E-state index contributed by atoms with van der Waals surface area (Å²) in [5.74, 6) is -0.508. The highest BCUT2D eigenvalue weighted by atomic mass is 32.2.